The molecule has 0 radical (unpaired) electrons. The van der Waals surface area contributed by atoms with Gasteiger partial charge in [0.1, 0.15) is 17.2 Å². The van der Waals surface area contributed by atoms with Gasteiger partial charge in [-0.05, 0) is 93.6 Å². The van der Waals surface area contributed by atoms with Gasteiger partial charge in [-0.25, -0.2) is 9.59 Å². The van der Waals surface area contributed by atoms with Crippen molar-refractivity contribution in [3.8, 4) is 17.2 Å². The average Bonchev–Trinajstić information content (AvgIpc) is 3.04. The quantitative estimate of drug-likeness (QED) is 0.0976. The van der Waals surface area contributed by atoms with Gasteiger partial charge in [0.25, 0.3) is 0 Å². The number of aromatic hydroxyl groups is 1. The maximum absolute atomic E-state index is 12.0. The minimum absolute atomic E-state index is 0.206. The topological polar surface area (TPSA) is 144 Å². The van der Waals surface area contributed by atoms with E-state index in [1.165, 1.54) is 0 Å². The molecular formula is C36H48O11S. The molecule has 0 heterocycles. The summed E-state index contributed by atoms with van der Waals surface area (Å²) in [6, 6.07) is 21.3. The fraction of sp³-hybridized carbons (Fsp3) is 0.444. The Hall–Kier alpha value is -4.13. The number of hydrogen-bond acceptors (Lipinski definition) is 11. The first kappa shape index (κ1) is 40.0. The molecule has 11 nitrogen and oxygen atoms in total. The second-order valence-electron chi connectivity index (χ2n) is 10.5. The van der Waals surface area contributed by atoms with Crippen molar-refractivity contribution in [1.29, 1.82) is 0 Å². The number of carbonyl (C=O) groups excluding carboxylic acids is 2. The van der Waals surface area contributed by atoms with Gasteiger partial charge in [0, 0.05) is 26.1 Å². The molecule has 264 valence electrons. The lowest BCUT2D eigenvalue weighted by Crippen LogP contribution is -2.28. The van der Waals surface area contributed by atoms with Crippen molar-refractivity contribution in [3.05, 3.63) is 89.5 Å². The van der Waals surface area contributed by atoms with Crippen LogP contribution in [0.2, 0.25) is 0 Å². The minimum atomic E-state index is -3.54. The summed E-state index contributed by atoms with van der Waals surface area (Å²) in [6.45, 7) is 9.30. The third-order valence-electron chi connectivity index (χ3n) is 6.56. The summed E-state index contributed by atoms with van der Waals surface area (Å²) in [5.41, 5.74) is 2.86. The highest BCUT2D eigenvalue weighted by Crippen LogP contribution is 2.18. The fourth-order valence-corrected chi connectivity index (χ4v) is 4.92. The monoisotopic (exact) mass is 688 g/mol. The third kappa shape index (κ3) is 16.1. The van der Waals surface area contributed by atoms with Gasteiger partial charge in [-0.1, -0.05) is 36.4 Å². The summed E-state index contributed by atoms with van der Waals surface area (Å²) in [6.07, 6.45) is 2.22. The smallest absolute Gasteiger partial charge is 0.335 e. The van der Waals surface area contributed by atoms with E-state index in [1.807, 2.05) is 44.2 Å². The van der Waals surface area contributed by atoms with Crippen LogP contribution in [0.15, 0.2) is 72.8 Å². The molecule has 0 saturated heterocycles. The zero-order chi connectivity index (χ0) is 35.4. The lowest BCUT2D eigenvalue weighted by Gasteiger charge is -2.15. The Bertz CT molecular complexity index is 1470. The number of hydrogen-bond donors (Lipinski definition) is 1. The maximum atomic E-state index is 12.0. The molecule has 0 bridgehead atoms. The first-order valence-electron chi connectivity index (χ1n) is 16.0. The van der Waals surface area contributed by atoms with Crippen LogP contribution in [0, 0.1) is 0 Å². The Balaban J connectivity index is 0.000000397. The van der Waals surface area contributed by atoms with Crippen molar-refractivity contribution in [2.45, 2.75) is 65.6 Å². The van der Waals surface area contributed by atoms with Crippen LogP contribution < -0.4 is 8.92 Å². The predicted octanol–water partition coefficient (Wildman–Crippen LogP) is 5.45. The molecule has 3 rings (SSSR count). The molecule has 0 aromatic heterocycles. The number of rotatable bonds is 19. The maximum Gasteiger partial charge on any atom is 0.335 e. The van der Waals surface area contributed by atoms with Gasteiger partial charge >= 0.3 is 22.1 Å². The van der Waals surface area contributed by atoms with E-state index in [-0.39, 0.29) is 17.7 Å². The zero-order valence-corrected chi connectivity index (χ0v) is 29.2. The van der Waals surface area contributed by atoms with Crippen molar-refractivity contribution in [1.82, 2.24) is 0 Å². The largest absolute Gasteiger partial charge is 0.508 e. The number of aryl methyl sites for hydroxylation is 1. The van der Waals surface area contributed by atoms with Crippen molar-refractivity contribution in [2.24, 2.45) is 0 Å². The minimum Gasteiger partial charge on any atom is -0.508 e. The molecule has 2 atom stereocenters. The Morgan fingerprint density at radius 3 is 1.69 bits per heavy atom. The molecule has 12 heteroatoms. The fourth-order valence-electron chi connectivity index (χ4n) is 4.47. The molecule has 0 aliphatic heterocycles. The van der Waals surface area contributed by atoms with E-state index in [0.29, 0.717) is 51.6 Å². The van der Waals surface area contributed by atoms with Crippen LogP contribution in [0.3, 0.4) is 0 Å². The van der Waals surface area contributed by atoms with E-state index in [9.17, 15) is 18.0 Å². The third-order valence-corrected chi connectivity index (χ3v) is 7.06. The van der Waals surface area contributed by atoms with Gasteiger partial charge in [0.15, 0.2) is 12.2 Å². The van der Waals surface area contributed by atoms with Crippen LogP contribution >= 0.6 is 0 Å². The Labute approximate surface area is 284 Å². The molecule has 0 aliphatic carbocycles. The summed E-state index contributed by atoms with van der Waals surface area (Å²) in [7, 11) is -3.54. The van der Waals surface area contributed by atoms with Gasteiger partial charge in [-0.2, -0.15) is 8.42 Å². The molecule has 0 fully saturated rings. The molecule has 0 saturated carbocycles. The van der Waals surface area contributed by atoms with Gasteiger partial charge in [0.2, 0.25) is 0 Å². The van der Waals surface area contributed by atoms with Crippen molar-refractivity contribution in [3.63, 3.8) is 0 Å². The van der Waals surface area contributed by atoms with E-state index in [4.69, 9.17) is 33.0 Å². The van der Waals surface area contributed by atoms with Gasteiger partial charge in [-0.15, -0.1) is 0 Å². The molecule has 0 amide bonds. The normalized spacial score (nSPS) is 12.2. The highest BCUT2D eigenvalue weighted by molar-refractivity contribution is 7.86. The van der Waals surface area contributed by atoms with Crippen LogP contribution in [0.4, 0.5) is 0 Å². The number of phenolic OH excluding ortho intramolecular Hbond substituents is 1. The van der Waals surface area contributed by atoms with E-state index in [0.717, 1.165) is 41.5 Å². The van der Waals surface area contributed by atoms with Crippen LogP contribution in [0.5, 0.6) is 17.2 Å². The summed E-state index contributed by atoms with van der Waals surface area (Å²) >= 11 is 0. The lowest BCUT2D eigenvalue weighted by molar-refractivity contribution is -0.157. The Morgan fingerprint density at radius 2 is 1.21 bits per heavy atom. The van der Waals surface area contributed by atoms with Crippen LogP contribution in [0.25, 0.3) is 0 Å². The molecule has 2 unspecified atom stereocenters. The lowest BCUT2D eigenvalue weighted by atomic mass is 10.1. The van der Waals surface area contributed by atoms with Crippen LogP contribution in [-0.4, -0.2) is 77.0 Å². The number of carbonyl (C=O) groups is 2. The first-order valence-corrected chi connectivity index (χ1v) is 17.8. The molecule has 3 aromatic carbocycles. The summed E-state index contributed by atoms with van der Waals surface area (Å²) < 4.78 is 54.0. The second kappa shape index (κ2) is 21.7. The van der Waals surface area contributed by atoms with E-state index < -0.39 is 22.3 Å². The SMILES string of the molecule is CCOC(=O)C(Cc1ccc(O)cc1)OCC.CCOC(=O)C(Cc1ccc(OCCCc2cccc(OS(C)(=O)=O)c2)cc1)OCC. The average molecular weight is 689 g/mol. The molecular weight excluding hydrogens is 640 g/mol. The number of ether oxygens (including phenoxy) is 5. The summed E-state index contributed by atoms with van der Waals surface area (Å²) in [5, 5.41) is 9.16. The molecule has 48 heavy (non-hydrogen) atoms. The van der Waals surface area contributed by atoms with Crippen molar-refractivity contribution >= 4 is 22.1 Å². The van der Waals surface area contributed by atoms with E-state index in [1.54, 1.807) is 56.3 Å². The predicted molar refractivity (Wildman–Crippen MR) is 182 cm³/mol. The second-order valence-corrected chi connectivity index (χ2v) is 12.1. The summed E-state index contributed by atoms with van der Waals surface area (Å²) in [4.78, 5) is 23.6. The van der Waals surface area contributed by atoms with Gasteiger partial charge in [0.05, 0.1) is 26.1 Å². The highest BCUT2D eigenvalue weighted by Gasteiger charge is 2.21. The van der Waals surface area contributed by atoms with Crippen molar-refractivity contribution in [2.75, 3.05) is 39.3 Å². The van der Waals surface area contributed by atoms with Crippen LogP contribution in [0.1, 0.15) is 50.8 Å². The van der Waals surface area contributed by atoms with Gasteiger partial charge < -0.3 is 33.0 Å². The molecule has 0 aliphatic rings. The number of phenols is 1. The highest BCUT2D eigenvalue weighted by atomic mass is 32.2. The van der Waals surface area contributed by atoms with E-state index >= 15 is 0 Å². The molecule has 1 N–H and O–H groups in total. The Morgan fingerprint density at radius 1 is 0.688 bits per heavy atom. The first-order chi connectivity index (χ1) is 23.0. The van der Waals surface area contributed by atoms with Crippen molar-refractivity contribution < 1.29 is 51.0 Å². The molecule has 3 aromatic rings. The standard InChI is InChI=1S/C23H30O7S.C13H18O4/c1-4-27-22(23(24)28-5-2)17-19-11-13-20(14-12-19)29-15-7-9-18-8-6-10-21(16-18)30-31(3,25)26;1-3-16-12(13(15)17-4-2)9-10-5-7-11(14)8-6-10/h6,8,10-14,16,22H,4-5,7,9,15,17H2,1-3H3;5-8,12,14H,3-4,9H2,1-2H3. The number of esters is 2. The number of benzene rings is 3. The zero-order valence-electron chi connectivity index (χ0n) is 28.4. The summed E-state index contributed by atoms with van der Waals surface area (Å²) in [5.74, 6) is 0.558. The van der Waals surface area contributed by atoms with Crippen LogP contribution in [-0.2, 0) is 57.9 Å². The van der Waals surface area contributed by atoms with Gasteiger partial charge in [-0.3, -0.25) is 0 Å². The van der Waals surface area contributed by atoms with E-state index in [2.05, 4.69) is 0 Å². The molecule has 0 spiro atoms. The Kier molecular flexibility index (Phi) is 18.1.